The van der Waals surface area contributed by atoms with E-state index in [-0.39, 0.29) is 5.60 Å². The van der Waals surface area contributed by atoms with Gasteiger partial charge < -0.3 is 4.74 Å². The predicted molar refractivity (Wildman–Crippen MR) is 61.0 cm³/mol. The molecule has 0 aliphatic rings. The van der Waals surface area contributed by atoms with E-state index in [9.17, 15) is 0 Å². The molecule has 0 unspecified atom stereocenters. The molecule has 78 valence electrons. The summed E-state index contributed by atoms with van der Waals surface area (Å²) in [6, 6.07) is 4.17. The molecule has 1 nitrogen and oxygen atoms in total. The minimum atomic E-state index is -0.119. The van der Waals surface area contributed by atoms with Gasteiger partial charge in [-0.1, -0.05) is 6.07 Å². The zero-order valence-corrected chi connectivity index (χ0v) is 10.1. The van der Waals surface area contributed by atoms with Crippen molar-refractivity contribution in [2.75, 3.05) is 0 Å². The second-order valence-corrected chi connectivity index (χ2v) is 4.85. The van der Waals surface area contributed by atoms with E-state index >= 15 is 0 Å². The minimum absolute atomic E-state index is 0.119. The maximum atomic E-state index is 5.87. The van der Waals surface area contributed by atoms with Gasteiger partial charge in [0, 0.05) is 0 Å². The molecule has 0 saturated heterocycles. The lowest BCUT2D eigenvalue weighted by Crippen LogP contribution is -2.23. The molecule has 0 aromatic heterocycles. The van der Waals surface area contributed by atoms with Crippen molar-refractivity contribution in [1.82, 2.24) is 0 Å². The van der Waals surface area contributed by atoms with Gasteiger partial charge in [0.1, 0.15) is 11.4 Å². The molecule has 14 heavy (non-hydrogen) atoms. The van der Waals surface area contributed by atoms with Crippen LogP contribution in [-0.4, -0.2) is 5.60 Å². The van der Waals surface area contributed by atoms with Gasteiger partial charge in [-0.3, -0.25) is 0 Å². The normalized spacial score (nSPS) is 11.6. The Labute approximate surface area is 87.1 Å². The fraction of sp³-hybridized carbons (Fsp3) is 0.538. The van der Waals surface area contributed by atoms with Crippen molar-refractivity contribution < 1.29 is 4.74 Å². The maximum absolute atomic E-state index is 5.87. The Morgan fingerprint density at radius 3 is 2.00 bits per heavy atom. The van der Waals surface area contributed by atoms with Crippen molar-refractivity contribution >= 4 is 0 Å². The first kappa shape index (κ1) is 11.1. The van der Waals surface area contributed by atoms with Crippen molar-refractivity contribution in [2.24, 2.45) is 0 Å². The first-order valence-electron chi connectivity index (χ1n) is 5.07. The van der Waals surface area contributed by atoms with E-state index in [2.05, 4.69) is 53.7 Å². The summed E-state index contributed by atoms with van der Waals surface area (Å²) in [5, 5.41) is 0. The van der Waals surface area contributed by atoms with Gasteiger partial charge in [0.05, 0.1) is 0 Å². The average molecular weight is 192 g/mol. The molecule has 0 saturated carbocycles. The van der Waals surface area contributed by atoms with E-state index in [1.54, 1.807) is 0 Å². The SMILES string of the molecule is Cc1ccc(OC(C)(C)C)c(C)c1C. The Bertz CT molecular complexity index is 332. The minimum Gasteiger partial charge on any atom is -0.488 e. The number of aryl methyl sites for hydroxylation is 1. The topological polar surface area (TPSA) is 9.23 Å². The van der Waals surface area contributed by atoms with Crippen LogP contribution in [0.1, 0.15) is 37.5 Å². The molecular formula is C13H20O. The van der Waals surface area contributed by atoms with E-state index in [4.69, 9.17) is 4.74 Å². The first-order chi connectivity index (χ1) is 6.31. The van der Waals surface area contributed by atoms with Crippen LogP contribution in [0.4, 0.5) is 0 Å². The lowest BCUT2D eigenvalue weighted by Gasteiger charge is -2.23. The number of ether oxygens (including phenoxy) is 1. The molecule has 0 atom stereocenters. The monoisotopic (exact) mass is 192 g/mol. The van der Waals surface area contributed by atoms with E-state index in [0.717, 1.165) is 5.75 Å². The summed E-state index contributed by atoms with van der Waals surface area (Å²) in [6.07, 6.45) is 0. The highest BCUT2D eigenvalue weighted by atomic mass is 16.5. The molecule has 0 aliphatic heterocycles. The molecule has 0 heterocycles. The fourth-order valence-electron chi connectivity index (χ4n) is 1.37. The highest BCUT2D eigenvalue weighted by Crippen LogP contribution is 2.26. The van der Waals surface area contributed by atoms with Crippen LogP contribution >= 0.6 is 0 Å². The van der Waals surface area contributed by atoms with E-state index in [1.807, 2.05) is 0 Å². The Kier molecular flexibility index (Phi) is 2.89. The highest BCUT2D eigenvalue weighted by Gasteiger charge is 2.14. The molecule has 0 N–H and O–H groups in total. The summed E-state index contributed by atoms with van der Waals surface area (Å²) < 4.78 is 5.87. The van der Waals surface area contributed by atoms with Gasteiger partial charge >= 0.3 is 0 Å². The third-order valence-corrected chi connectivity index (χ3v) is 2.42. The molecule has 0 spiro atoms. The van der Waals surface area contributed by atoms with Crippen molar-refractivity contribution in [1.29, 1.82) is 0 Å². The third kappa shape index (κ3) is 2.50. The third-order valence-electron chi connectivity index (χ3n) is 2.42. The zero-order chi connectivity index (χ0) is 10.9. The summed E-state index contributed by atoms with van der Waals surface area (Å²) in [6.45, 7) is 12.6. The van der Waals surface area contributed by atoms with E-state index in [1.165, 1.54) is 16.7 Å². The second-order valence-electron chi connectivity index (χ2n) is 4.85. The summed E-state index contributed by atoms with van der Waals surface area (Å²) in [5.41, 5.74) is 3.78. The molecule has 1 aromatic rings. The van der Waals surface area contributed by atoms with Crippen molar-refractivity contribution in [3.63, 3.8) is 0 Å². The zero-order valence-electron chi connectivity index (χ0n) is 10.1. The number of hydrogen-bond donors (Lipinski definition) is 0. The van der Waals surface area contributed by atoms with Crippen molar-refractivity contribution in [2.45, 2.75) is 47.1 Å². The predicted octanol–water partition coefficient (Wildman–Crippen LogP) is 3.79. The van der Waals surface area contributed by atoms with Crippen LogP contribution in [0.15, 0.2) is 12.1 Å². The number of rotatable bonds is 1. The standard InChI is InChI=1S/C13H20O/c1-9-7-8-12(11(3)10(9)2)14-13(4,5)6/h7-8H,1-6H3. The molecular weight excluding hydrogens is 172 g/mol. The second kappa shape index (κ2) is 3.64. The number of hydrogen-bond acceptors (Lipinski definition) is 1. The fourth-order valence-corrected chi connectivity index (χ4v) is 1.37. The van der Waals surface area contributed by atoms with Gasteiger partial charge in [-0.2, -0.15) is 0 Å². The van der Waals surface area contributed by atoms with Crippen LogP contribution in [0.3, 0.4) is 0 Å². The maximum Gasteiger partial charge on any atom is 0.123 e. The van der Waals surface area contributed by atoms with Gasteiger partial charge in [-0.05, 0) is 64.3 Å². The lowest BCUT2D eigenvalue weighted by molar-refractivity contribution is 0.129. The van der Waals surface area contributed by atoms with Gasteiger partial charge in [-0.15, -0.1) is 0 Å². The molecule has 0 bridgehead atoms. The summed E-state index contributed by atoms with van der Waals surface area (Å²) in [5.74, 6) is 1.00. The van der Waals surface area contributed by atoms with Gasteiger partial charge in [0.2, 0.25) is 0 Å². The number of benzene rings is 1. The Hall–Kier alpha value is -0.980. The molecule has 1 heteroatoms. The molecule has 0 amide bonds. The molecule has 0 radical (unpaired) electrons. The highest BCUT2D eigenvalue weighted by molar-refractivity contribution is 5.43. The molecule has 1 rings (SSSR count). The van der Waals surface area contributed by atoms with Crippen LogP contribution in [-0.2, 0) is 0 Å². The van der Waals surface area contributed by atoms with Gasteiger partial charge in [0.25, 0.3) is 0 Å². The van der Waals surface area contributed by atoms with Crippen molar-refractivity contribution in [3.05, 3.63) is 28.8 Å². The van der Waals surface area contributed by atoms with Gasteiger partial charge in [-0.25, -0.2) is 0 Å². The Morgan fingerprint density at radius 2 is 1.50 bits per heavy atom. The Morgan fingerprint density at radius 1 is 0.929 bits per heavy atom. The quantitative estimate of drug-likeness (QED) is 0.657. The van der Waals surface area contributed by atoms with Crippen LogP contribution in [0, 0.1) is 20.8 Å². The molecule has 0 aliphatic carbocycles. The summed E-state index contributed by atoms with van der Waals surface area (Å²) in [4.78, 5) is 0. The molecule has 1 aromatic carbocycles. The van der Waals surface area contributed by atoms with Crippen LogP contribution in [0.25, 0.3) is 0 Å². The smallest absolute Gasteiger partial charge is 0.123 e. The van der Waals surface area contributed by atoms with E-state index in [0.29, 0.717) is 0 Å². The van der Waals surface area contributed by atoms with Crippen molar-refractivity contribution in [3.8, 4) is 5.75 Å². The Balaban J connectivity index is 3.06. The molecule has 0 fully saturated rings. The van der Waals surface area contributed by atoms with Crippen LogP contribution < -0.4 is 4.74 Å². The van der Waals surface area contributed by atoms with Crippen LogP contribution in [0.5, 0.6) is 5.75 Å². The van der Waals surface area contributed by atoms with Gasteiger partial charge in [0.15, 0.2) is 0 Å². The van der Waals surface area contributed by atoms with E-state index < -0.39 is 0 Å². The average Bonchev–Trinajstić information content (AvgIpc) is 2.04. The summed E-state index contributed by atoms with van der Waals surface area (Å²) >= 11 is 0. The summed E-state index contributed by atoms with van der Waals surface area (Å²) in [7, 11) is 0. The largest absolute Gasteiger partial charge is 0.488 e. The van der Waals surface area contributed by atoms with Crippen LogP contribution in [0.2, 0.25) is 0 Å². The lowest BCUT2D eigenvalue weighted by atomic mass is 10.0. The first-order valence-corrected chi connectivity index (χ1v) is 5.07.